The number of hydrogen-bond donors (Lipinski definition) is 1. The van der Waals surface area contributed by atoms with Crippen LogP contribution in [0.5, 0.6) is 5.75 Å². The van der Waals surface area contributed by atoms with Gasteiger partial charge in [0.1, 0.15) is 12.1 Å². The van der Waals surface area contributed by atoms with Crippen LogP contribution in [0, 0.1) is 20.8 Å². The molecule has 2 atom stereocenters. The van der Waals surface area contributed by atoms with Crippen LogP contribution >= 0.6 is 11.3 Å². The second kappa shape index (κ2) is 11.2. The van der Waals surface area contributed by atoms with Crippen molar-refractivity contribution >= 4 is 17.4 Å². The molecule has 2 unspecified atom stereocenters. The van der Waals surface area contributed by atoms with Gasteiger partial charge in [-0.05, 0) is 68.1 Å². The number of rotatable bonds is 6. The number of halogens is 3. The molecule has 220 valence electrons. The number of urea groups is 1. The second-order valence-electron chi connectivity index (χ2n) is 10.4. The minimum absolute atomic E-state index is 0.00145. The van der Waals surface area contributed by atoms with Crippen molar-refractivity contribution in [1.29, 1.82) is 0 Å². The van der Waals surface area contributed by atoms with Crippen molar-refractivity contribution in [2.24, 2.45) is 4.99 Å². The highest BCUT2D eigenvalue weighted by Gasteiger charge is 2.39. The Hall–Kier alpha value is -4.71. The first kappa shape index (κ1) is 28.4. The van der Waals surface area contributed by atoms with E-state index in [1.54, 1.807) is 0 Å². The number of benzene rings is 3. The number of thiazole rings is 1. The van der Waals surface area contributed by atoms with Crippen LogP contribution < -0.4 is 14.9 Å². The van der Waals surface area contributed by atoms with Gasteiger partial charge in [-0.25, -0.2) is 14.5 Å². The van der Waals surface area contributed by atoms with Crippen LogP contribution in [-0.2, 0) is 0 Å². The topological polar surface area (TPSA) is 86.3 Å². The first-order chi connectivity index (χ1) is 20.6. The number of hydrogen-bond acceptors (Lipinski definition) is 5. The second-order valence-corrected chi connectivity index (χ2v) is 11.3. The van der Waals surface area contributed by atoms with E-state index in [0.29, 0.717) is 16.3 Å². The molecule has 43 heavy (non-hydrogen) atoms. The van der Waals surface area contributed by atoms with Gasteiger partial charge in [0.2, 0.25) is 0 Å². The smallest absolute Gasteiger partial charge is 0.406 e. The van der Waals surface area contributed by atoms with Crippen molar-refractivity contribution in [3.63, 3.8) is 0 Å². The van der Waals surface area contributed by atoms with E-state index >= 15 is 0 Å². The molecule has 8 nitrogen and oxygen atoms in total. The van der Waals surface area contributed by atoms with Gasteiger partial charge in [0.25, 0.3) is 0 Å². The lowest BCUT2D eigenvalue weighted by molar-refractivity contribution is -0.274. The molecule has 6 rings (SSSR count). The van der Waals surface area contributed by atoms with E-state index in [9.17, 15) is 18.0 Å². The van der Waals surface area contributed by atoms with Crippen LogP contribution in [-0.4, -0.2) is 37.8 Å². The number of para-hydroxylation sites is 1. The van der Waals surface area contributed by atoms with Crippen LogP contribution in [0.1, 0.15) is 34.7 Å². The zero-order valence-electron chi connectivity index (χ0n) is 23.5. The van der Waals surface area contributed by atoms with Gasteiger partial charge in [0.05, 0.1) is 11.4 Å². The van der Waals surface area contributed by atoms with Gasteiger partial charge in [-0.3, -0.25) is 4.57 Å². The van der Waals surface area contributed by atoms with Crippen molar-refractivity contribution in [3.05, 3.63) is 106 Å². The number of aromatic nitrogens is 4. The molecule has 2 aromatic heterocycles. The first-order valence-electron chi connectivity index (χ1n) is 13.5. The Balaban J connectivity index is 1.10. The first-order valence-corrected chi connectivity index (χ1v) is 14.4. The SMILES string of the molecule is Cc1cccc(C)c1-n1c(C)csc1=NC(=O)NC1CC1c1ccc(-c2ncn(-c3ccc(OC(F)(F)F)cc3)n2)cc1. The van der Waals surface area contributed by atoms with Crippen molar-refractivity contribution in [3.8, 4) is 28.5 Å². The largest absolute Gasteiger partial charge is 0.573 e. The predicted octanol–water partition coefficient (Wildman–Crippen LogP) is 6.78. The number of nitrogens with one attached hydrogen (secondary N) is 1. The summed E-state index contributed by atoms with van der Waals surface area (Å²) in [5.74, 6) is 0.357. The molecule has 1 fully saturated rings. The van der Waals surface area contributed by atoms with Crippen molar-refractivity contribution in [2.45, 2.75) is 45.5 Å². The fourth-order valence-electron chi connectivity index (χ4n) is 5.10. The third-order valence-corrected chi connectivity index (χ3v) is 8.21. The lowest BCUT2D eigenvalue weighted by Gasteiger charge is -2.12. The number of ether oxygens (including phenoxy) is 1. The van der Waals surface area contributed by atoms with Gasteiger partial charge < -0.3 is 10.1 Å². The monoisotopic (exact) mass is 604 g/mol. The summed E-state index contributed by atoms with van der Waals surface area (Å²) in [7, 11) is 0. The Morgan fingerprint density at radius 3 is 2.40 bits per heavy atom. The van der Waals surface area contributed by atoms with Gasteiger partial charge in [0.15, 0.2) is 10.6 Å². The highest BCUT2D eigenvalue weighted by Crippen LogP contribution is 2.41. The summed E-state index contributed by atoms with van der Waals surface area (Å²) in [6, 6.07) is 19.0. The number of carbonyl (C=O) groups is 1. The van der Waals surface area contributed by atoms with Gasteiger partial charge in [-0.15, -0.1) is 29.6 Å². The summed E-state index contributed by atoms with van der Waals surface area (Å²) < 4.78 is 44.7. The summed E-state index contributed by atoms with van der Waals surface area (Å²) in [5, 5.41) is 9.49. The summed E-state index contributed by atoms with van der Waals surface area (Å²) in [6.07, 6.45) is -2.43. The maximum atomic E-state index is 12.9. The zero-order valence-corrected chi connectivity index (χ0v) is 24.3. The molecule has 1 saturated carbocycles. The zero-order chi connectivity index (χ0) is 30.3. The maximum Gasteiger partial charge on any atom is 0.573 e. The summed E-state index contributed by atoms with van der Waals surface area (Å²) in [6.45, 7) is 6.11. The molecule has 0 aliphatic heterocycles. The van der Waals surface area contributed by atoms with Gasteiger partial charge in [-0.2, -0.15) is 4.99 Å². The molecule has 1 N–H and O–H groups in total. The molecule has 2 amide bonds. The van der Waals surface area contributed by atoms with Crippen LogP contribution in [0.2, 0.25) is 0 Å². The van der Waals surface area contributed by atoms with E-state index in [2.05, 4.69) is 51.1 Å². The molecule has 0 radical (unpaired) electrons. The number of aryl methyl sites for hydroxylation is 3. The Morgan fingerprint density at radius 1 is 1.02 bits per heavy atom. The Labute approximate surface area is 249 Å². The number of amides is 2. The third kappa shape index (κ3) is 6.24. The molecule has 0 bridgehead atoms. The summed E-state index contributed by atoms with van der Waals surface area (Å²) in [4.78, 5) is 22.3. The van der Waals surface area contributed by atoms with E-state index in [1.807, 2.05) is 47.2 Å². The molecule has 3 aromatic carbocycles. The Bertz CT molecular complexity index is 1840. The fraction of sp³-hybridized carbons (Fsp3) is 0.226. The van der Waals surface area contributed by atoms with Crippen molar-refractivity contribution in [2.75, 3.05) is 0 Å². The van der Waals surface area contributed by atoms with Crippen LogP contribution in [0.3, 0.4) is 0 Å². The summed E-state index contributed by atoms with van der Waals surface area (Å²) in [5.41, 5.74) is 6.72. The molecule has 0 spiro atoms. The fourth-order valence-corrected chi connectivity index (χ4v) is 5.96. The predicted molar refractivity (Wildman–Crippen MR) is 157 cm³/mol. The highest BCUT2D eigenvalue weighted by atomic mass is 32.1. The Kier molecular flexibility index (Phi) is 7.38. The lowest BCUT2D eigenvalue weighted by atomic mass is 10.1. The Morgan fingerprint density at radius 2 is 1.72 bits per heavy atom. The highest BCUT2D eigenvalue weighted by molar-refractivity contribution is 7.07. The average molecular weight is 605 g/mol. The van der Waals surface area contributed by atoms with E-state index in [-0.39, 0.29) is 23.7 Å². The van der Waals surface area contributed by atoms with E-state index in [4.69, 9.17) is 0 Å². The quantitative estimate of drug-likeness (QED) is 0.232. The lowest BCUT2D eigenvalue weighted by Crippen LogP contribution is -2.27. The molecule has 1 aliphatic rings. The molecule has 0 saturated heterocycles. The van der Waals surface area contributed by atoms with Crippen molar-refractivity contribution in [1.82, 2.24) is 24.6 Å². The van der Waals surface area contributed by atoms with Crippen LogP contribution in [0.15, 0.2) is 83.4 Å². The van der Waals surface area contributed by atoms with Gasteiger partial charge in [0, 0.05) is 28.6 Å². The minimum atomic E-state index is -4.75. The molecular formula is C31H27F3N6O2S. The van der Waals surface area contributed by atoms with E-state index in [1.165, 1.54) is 46.6 Å². The minimum Gasteiger partial charge on any atom is -0.406 e. The molecule has 12 heteroatoms. The maximum absolute atomic E-state index is 12.9. The standard InChI is InChI=1S/C31H27F3N6O2S/c1-18-5-4-6-19(2)27(18)40-20(3)16-43-30(40)37-29(41)36-26-15-25(26)21-7-9-22(10-8-21)28-35-17-39(38-28)23-11-13-24(14-12-23)42-31(32,33)34/h4-14,16-17,25-26H,15H2,1-3H3,(H,36,41). The van der Waals surface area contributed by atoms with E-state index in [0.717, 1.165) is 40.1 Å². The van der Waals surface area contributed by atoms with E-state index < -0.39 is 6.36 Å². The van der Waals surface area contributed by atoms with Crippen LogP contribution in [0.4, 0.5) is 18.0 Å². The molecular weight excluding hydrogens is 577 g/mol. The molecule has 5 aromatic rings. The van der Waals surface area contributed by atoms with Crippen LogP contribution in [0.25, 0.3) is 22.8 Å². The normalized spacial score (nSPS) is 16.7. The number of alkyl halides is 3. The average Bonchev–Trinajstić information content (AvgIpc) is 3.37. The van der Waals surface area contributed by atoms with Gasteiger partial charge >= 0.3 is 12.4 Å². The third-order valence-electron chi connectivity index (χ3n) is 7.26. The molecule has 2 heterocycles. The molecule has 1 aliphatic carbocycles. The summed E-state index contributed by atoms with van der Waals surface area (Å²) >= 11 is 1.44. The number of carbonyl (C=O) groups excluding carboxylic acids is 1. The van der Waals surface area contributed by atoms with Gasteiger partial charge in [-0.1, -0.05) is 42.5 Å². The van der Waals surface area contributed by atoms with Crippen molar-refractivity contribution < 1.29 is 22.7 Å². The number of nitrogens with zero attached hydrogens (tertiary/aromatic N) is 5.